The smallest absolute Gasteiger partial charge is 0.340 e. The summed E-state index contributed by atoms with van der Waals surface area (Å²) in [4.78, 5) is 24.0. The van der Waals surface area contributed by atoms with Crippen molar-refractivity contribution < 1.29 is 14.3 Å². The average Bonchev–Trinajstić information content (AvgIpc) is 3.23. The van der Waals surface area contributed by atoms with Crippen molar-refractivity contribution in [3.63, 3.8) is 0 Å². The Morgan fingerprint density at radius 1 is 1.33 bits per heavy atom. The van der Waals surface area contributed by atoms with Crippen LogP contribution in [-0.2, 0) is 11.2 Å². The summed E-state index contributed by atoms with van der Waals surface area (Å²) in [5, 5.41) is 13.3. The number of fused-ring (bicyclic) bond motifs is 1. The Kier molecular flexibility index (Phi) is 3.20. The number of aryl methyl sites for hydroxylation is 2. The molecule has 1 aromatic carbocycles. The van der Waals surface area contributed by atoms with Crippen molar-refractivity contribution in [3.8, 4) is 5.75 Å². The van der Waals surface area contributed by atoms with E-state index in [4.69, 9.17) is 4.42 Å². The summed E-state index contributed by atoms with van der Waals surface area (Å²) < 4.78 is 5.31. The molecule has 3 rings (SSSR count). The Hall–Kier alpha value is -2.30. The second kappa shape index (κ2) is 4.91. The van der Waals surface area contributed by atoms with Crippen molar-refractivity contribution >= 4 is 16.9 Å². The largest absolute Gasteiger partial charge is 0.508 e. The number of nitrogens with one attached hydrogen (secondary N) is 1. The fourth-order valence-electron chi connectivity index (χ4n) is 2.45. The quantitative estimate of drug-likeness (QED) is 0.845. The molecule has 1 saturated carbocycles. The van der Waals surface area contributed by atoms with Gasteiger partial charge in [-0.25, -0.2) is 4.79 Å². The number of carbonyl (C=O) groups excluding carboxylic acids is 1. The average molecular weight is 287 g/mol. The maximum atomic E-state index is 12.1. The molecule has 0 saturated heterocycles. The number of hydrogen-bond acceptors (Lipinski definition) is 4. The molecule has 0 unspecified atom stereocenters. The molecule has 110 valence electrons. The van der Waals surface area contributed by atoms with Crippen LogP contribution in [0.25, 0.3) is 11.0 Å². The lowest BCUT2D eigenvalue weighted by Crippen LogP contribution is -2.29. The molecule has 0 radical (unpaired) electrons. The van der Waals surface area contributed by atoms with Crippen LogP contribution in [-0.4, -0.2) is 17.1 Å². The number of phenols is 1. The summed E-state index contributed by atoms with van der Waals surface area (Å²) in [6, 6.07) is 3.54. The zero-order valence-corrected chi connectivity index (χ0v) is 12.0. The maximum absolute atomic E-state index is 12.1. The molecule has 0 spiro atoms. The van der Waals surface area contributed by atoms with E-state index in [9.17, 15) is 14.7 Å². The first-order valence-electron chi connectivity index (χ1n) is 7.01. The van der Waals surface area contributed by atoms with E-state index in [2.05, 4.69) is 5.32 Å². The molecule has 5 nitrogen and oxygen atoms in total. The van der Waals surface area contributed by atoms with Gasteiger partial charge in [0, 0.05) is 17.0 Å². The highest BCUT2D eigenvalue weighted by molar-refractivity contribution is 5.87. The van der Waals surface area contributed by atoms with Crippen LogP contribution >= 0.6 is 0 Å². The molecular weight excluding hydrogens is 270 g/mol. The third kappa shape index (κ3) is 2.51. The first-order valence-corrected chi connectivity index (χ1v) is 7.01. The third-order valence-electron chi connectivity index (χ3n) is 3.95. The first-order chi connectivity index (χ1) is 9.97. The van der Waals surface area contributed by atoms with E-state index < -0.39 is 5.63 Å². The fraction of sp³-hybridized carbons (Fsp3) is 0.375. The molecular formula is C16H17NO4. The highest BCUT2D eigenvalue weighted by Crippen LogP contribution is 2.28. The molecule has 21 heavy (non-hydrogen) atoms. The molecule has 0 atom stereocenters. The Morgan fingerprint density at radius 3 is 2.71 bits per heavy atom. The Bertz CT molecular complexity index is 787. The number of aromatic hydroxyl groups is 1. The van der Waals surface area contributed by atoms with Gasteiger partial charge in [-0.15, -0.1) is 0 Å². The van der Waals surface area contributed by atoms with E-state index in [0.29, 0.717) is 16.7 Å². The van der Waals surface area contributed by atoms with Gasteiger partial charge in [0.15, 0.2) is 0 Å². The van der Waals surface area contributed by atoms with Crippen molar-refractivity contribution in [1.82, 2.24) is 5.32 Å². The number of rotatable bonds is 3. The van der Waals surface area contributed by atoms with Gasteiger partial charge in [-0.2, -0.15) is 0 Å². The lowest BCUT2D eigenvalue weighted by molar-refractivity contribution is -0.120. The van der Waals surface area contributed by atoms with E-state index in [0.717, 1.165) is 23.8 Å². The highest BCUT2D eigenvalue weighted by atomic mass is 16.4. The summed E-state index contributed by atoms with van der Waals surface area (Å²) in [5.41, 5.74) is 1.51. The minimum Gasteiger partial charge on any atom is -0.508 e. The van der Waals surface area contributed by atoms with Crippen molar-refractivity contribution in [1.29, 1.82) is 0 Å². The van der Waals surface area contributed by atoms with E-state index >= 15 is 0 Å². The van der Waals surface area contributed by atoms with E-state index in [-0.39, 0.29) is 24.1 Å². The number of carbonyl (C=O) groups is 1. The maximum Gasteiger partial charge on any atom is 0.340 e. The van der Waals surface area contributed by atoms with E-state index in [1.54, 1.807) is 26.0 Å². The molecule has 2 N–H and O–H groups in total. The molecule has 1 aromatic heterocycles. The first kappa shape index (κ1) is 13.7. The third-order valence-corrected chi connectivity index (χ3v) is 3.95. The molecule has 0 bridgehead atoms. The summed E-state index contributed by atoms with van der Waals surface area (Å²) in [5.74, 6) is -0.0629. The van der Waals surface area contributed by atoms with Gasteiger partial charge in [-0.05, 0) is 44.4 Å². The summed E-state index contributed by atoms with van der Waals surface area (Å²) in [6.45, 7) is 3.50. The number of hydrogen-bond donors (Lipinski definition) is 2. The lowest BCUT2D eigenvalue weighted by atomic mass is 10.0. The molecule has 1 aliphatic carbocycles. The normalized spacial score (nSPS) is 14.4. The fourth-order valence-corrected chi connectivity index (χ4v) is 2.45. The zero-order valence-electron chi connectivity index (χ0n) is 12.0. The van der Waals surface area contributed by atoms with Crippen LogP contribution in [0.4, 0.5) is 0 Å². The van der Waals surface area contributed by atoms with E-state index in [1.807, 2.05) is 0 Å². The van der Waals surface area contributed by atoms with Crippen LogP contribution < -0.4 is 10.9 Å². The zero-order chi connectivity index (χ0) is 15.1. The van der Waals surface area contributed by atoms with Crippen molar-refractivity contribution in [2.45, 2.75) is 39.2 Å². The minimum atomic E-state index is -0.514. The van der Waals surface area contributed by atoms with Crippen molar-refractivity contribution in [2.75, 3.05) is 0 Å². The van der Waals surface area contributed by atoms with Gasteiger partial charge in [-0.3, -0.25) is 4.79 Å². The molecule has 1 aliphatic rings. The standard InChI is InChI=1S/C16H17NO4/c1-8-11-5-6-13(18)9(2)15(11)21-16(20)12(8)7-14(19)17-10-3-4-10/h5-6,10,18H,3-4,7H2,1-2H3,(H,17,19). The van der Waals surface area contributed by atoms with Crippen LogP contribution in [0.2, 0.25) is 0 Å². The summed E-state index contributed by atoms with van der Waals surface area (Å²) in [6.07, 6.45) is 2.05. The van der Waals surface area contributed by atoms with Crippen LogP contribution in [0.15, 0.2) is 21.3 Å². The number of benzene rings is 1. The summed E-state index contributed by atoms with van der Waals surface area (Å²) >= 11 is 0. The number of phenolic OH excluding ortho intramolecular Hbond substituents is 1. The second-order valence-electron chi connectivity index (χ2n) is 5.60. The monoisotopic (exact) mass is 287 g/mol. The number of amides is 1. The SMILES string of the molecule is Cc1c(CC(=O)NC2CC2)c(=O)oc2c(C)c(O)ccc12. The second-order valence-corrected chi connectivity index (χ2v) is 5.60. The predicted molar refractivity (Wildman–Crippen MR) is 78.5 cm³/mol. The topological polar surface area (TPSA) is 79.5 Å². The molecule has 0 aliphatic heterocycles. The molecule has 1 amide bonds. The van der Waals surface area contributed by atoms with Gasteiger partial charge in [0.05, 0.1) is 12.0 Å². The van der Waals surface area contributed by atoms with Crippen molar-refractivity contribution in [3.05, 3.63) is 39.2 Å². The van der Waals surface area contributed by atoms with Crippen LogP contribution in [0.5, 0.6) is 5.75 Å². The van der Waals surface area contributed by atoms with Crippen LogP contribution in [0.1, 0.15) is 29.5 Å². The van der Waals surface area contributed by atoms with Crippen LogP contribution in [0.3, 0.4) is 0 Å². The van der Waals surface area contributed by atoms with Crippen LogP contribution in [0, 0.1) is 13.8 Å². The lowest BCUT2D eigenvalue weighted by Gasteiger charge is -2.10. The van der Waals surface area contributed by atoms with Crippen molar-refractivity contribution in [2.24, 2.45) is 0 Å². The van der Waals surface area contributed by atoms with Gasteiger partial charge in [0.25, 0.3) is 0 Å². The molecule has 5 heteroatoms. The van der Waals surface area contributed by atoms with Gasteiger partial charge in [-0.1, -0.05) is 0 Å². The van der Waals surface area contributed by atoms with Gasteiger partial charge in [0.2, 0.25) is 5.91 Å². The van der Waals surface area contributed by atoms with E-state index in [1.165, 1.54) is 0 Å². The Morgan fingerprint density at radius 2 is 2.05 bits per heavy atom. The predicted octanol–water partition coefficient (Wildman–Crippen LogP) is 1.94. The van der Waals surface area contributed by atoms with Gasteiger partial charge < -0.3 is 14.8 Å². The highest BCUT2D eigenvalue weighted by Gasteiger charge is 2.24. The Labute approximate surface area is 121 Å². The molecule has 1 fully saturated rings. The Balaban J connectivity index is 2.04. The van der Waals surface area contributed by atoms with Gasteiger partial charge in [0.1, 0.15) is 11.3 Å². The molecule has 1 heterocycles. The van der Waals surface area contributed by atoms with Gasteiger partial charge >= 0.3 is 5.63 Å². The molecule has 2 aromatic rings. The minimum absolute atomic E-state index is 0.0283. The summed E-state index contributed by atoms with van der Waals surface area (Å²) in [7, 11) is 0.